The zero-order valence-electron chi connectivity index (χ0n) is 19.6. The summed E-state index contributed by atoms with van der Waals surface area (Å²) in [6.45, 7) is 2.93. The van der Waals surface area contributed by atoms with Crippen LogP contribution in [0.25, 0.3) is 0 Å². The van der Waals surface area contributed by atoms with Crippen LogP contribution in [-0.2, 0) is 22.0 Å². The molecule has 2 atom stereocenters. The fourth-order valence-electron chi connectivity index (χ4n) is 4.56. The summed E-state index contributed by atoms with van der Waals surface area (Å²) in [5, 5.41) is 9.62. The van der Waals surface area contributed by atoms with Crippen molar-refractivity contribution in [2.24, 2.45) is 0 Å². The third-order valence-electron chi connectivity index (χ3n) is 6.41. The summed E-state index contributed by atoms with van der Waals surface area (Å²) in [5.74, 6) is -0.541. The Morgan fingerprint density at radius 3 is 2.74 bits per heavy atom. The Hall–Kier alpha value is -1.84. The first-order valence-corrected chi connectivity index (χ1v) is 14.9. The van der Waals surface area contributed by atoms with Crippen molar-refractivity contribution in [3.05, 3.63) is 81.0 Å². The number of nitrogens with one attached hydrogen (secondary N) is 2. The highest BCUT2D eigenvalue weighted by molar-refractivity contribution is 7.90. The van der Waals surface area contributed by atoms with E-state index >= 15 is 0 Å². The Balaban J connectivity index is 1.21. The fourth-order valence-corrected chi connectivity index (χ4v) is 7.23. The molecule has 1 aliphatic heterocycles. The fraction of sp³-hybridized carbons (Fsp3) is 0.423. The molecule has 9 heteroatoms. The molecule has 0 bridgehead atoms. The van der Waals surface area contributed by atoms with Crippen LogP contribution in [0.2, 0.25) is 5.02 Å². The maximum absolute atomic E-state index is 14.7. The predicted molar refractivity (Wildman–Crippen MR) is 140 cm³/mol. The van der Waals surface area contributed by atoms with Crippen molar-refractivity contribution in [2.75, 3.05) is 19.6 Å². The van der Waals surface area contributed by atoms with Gasteiger partial charge in [0.15, 0.2) is 9.84 Å². The van der Waals surface area contributed by atoms with E-state index in [0.717, 1.165) is 45.3 Å². The van der Waals surface area contributed by atoms with Gasteiger partial charge in [0.25, 0.3) is 0 Å². The molecule has 5 nitrogen and oxygen atoms in total. The van der Waals surface area contributed by atoms with Crippen molar-refractivity contribution >= 4 is 32.8 Å². The number of rotatable bonds is 11. The first-order chi connectivity index (χ1) is 16.9. The zero-order valence-corrected chi connectivity index (χ0v) is 21.9. The lowest BCUT2D eigenvalue weighted by Crippen LogP contribution is -2.46. The van der Waals surface area contributed by atoms with E-state index in [1.54, 1.807) is 5.38 Å². The van der Waals surface area contributed by atoms with Crippen molar-refractivity contribution in [3.8, 4) is 0 Å². The quantitative estimate of drug-likeness (QED) is 0.323. The molecule has 1 saturated heterocycles. The molecule has 0 aliphatic carbocycles. The number of thiazole rings is 1. The van der Waals surface area contributed by atoms with E-state index in [2.05, 4.69) is 45.9 Å². The van der Waals surface area contributed by atoms with Crippen molar-refractivity contribution in [1.29, 1.82) is 0 Å². The largest absolute Gasteiger partial charge is 0.315 e. The minimum Gasteiger partial charge on any atom is -0.315 e. The van der Waals surface area contributed by atoms with Crippen molar-refractivity contribution < 1.29 is 12.8 Å². The second-order valence-electron chi connectivity index (χ2n) is 9.02. The number of hydrogen-bond acceptors (Lipinski definition) is 6. The van der Waals surface area contributed by atoms with Gasteiger partial charge in [-0.15, -0.1) is 11.3 Å². The summed E-state index contributed by atoms with van der Waals surface area (Å²) in [6.07, 6.45) is 6.14. The van der Waals surface area contributed by atoms with Crippen LogP contribution < -0.4 is 10.6 Å². The van der Waals surface area contributed by atoms with Crippen LogP contribution in [0.15, 0.2) is 58.9 Å². The van der Waals surface area contributed by atoms with Crippen LogP contribution in [-0.4, -0.2) is 39.1 Å². The van der Waals surface area contributed by atoms with Gasteiger partial charge in [0.2, 0.25) is 0 Å². The van der Waals surface area contributed by atoms with E-state index in [4.69, 9.17) is 11.6 Å². The van der Waals surface area contributed by atoms with Gasteiger partial charge >= 0.3 is 0 Å². The summed E-state index contributed by atoms with van der Waals surface area (Å²) in [7, 11) is -3.84. The van der Waals surface area contributed by atoms with Gasteiger partial charge in [-0.3, -0.25) is 0 Å². The molecule has 0 spiro atoms. The summed E-state index contributed by atoms with van der Waals surface area (Å²) in [6, 6.07) is 13.6. The topological polar surface area (TPSA) is 71.1 Å². The Kier molecular flexibility index (Phi) is 9.30. The highest BCUT2D eigenvalue weighted by atomic mass is 35.5. The number of aryl methyl sites for hydroxylation is 1. The maximum atomic E-state index is 14.7. The molecule has 3 aromatic rings. The minimum absolute atomic E-state index is 0.294. The Morgan fingerprint density at radius 2 is 1.97 bits per heavy atom. The van der Waals surface area contributed by atoms with Crippen LogP contribution in [0, 0.1) is 5.82 Å². The van der Waals surface area contributed by atoms with Crippen LogP contribution in [0.5, 0.6) is 0 Å². The number of halogens is 2. The third kappa shape index (κ3) is 7.33. The summed E-state index contributed by atoms with van der Waals surface area (Å²) >= 11 is 7.56. The van der Waals surface area contributed by atoms with Crippen LogP contribution in [0.4, 0.5) is 4.39 Å². The van der Waals surface area contributed by atoms with Gasteiger partial charge in [-0.05, 0) is 61.4 Å². The molecule has 188 valence electrons. The number of aromatic nitrogens is 1. The lowest BCUT2D eigenvalue weighted by atomic mass is 9.89. The molecule has 2 aromatic carbocycles. The van der Waals surface area contributed by atoms with Gasteiger partial charge in [-0.2, -0.15) is 0 Å². The van der Waals surface area contributed by atoms with E-state index < -0.39 is 15.7 Å². The minimum atomic E-state index is -3.84. The van der Waals surface area contributed by atoms with Crippen molar-refractivity contribution in [3.63, 3.8) is 0 Å². The highest BCUT2D eigenvalue weighted by Gasteiger charge is 2.24. The van der Waals surface area contributed by atoms with Gasteiger partial charge in [-0.25, -0.2) is 17.8 Å². The van der Waals surface area contributed by atoms with Crippen LogP contribution in [0.1, 0.15) is 47.7 Å². The molecular formula is C26H31ClFN3O2S2. The number of piperidine rings is 1. The van der Waals surface area contributed by atoms with Gasteiger partial charge in [0, 0.05) is 35.7 Å². The summed E-state index contributed by atoms with van der Waals surface area (Å²) in [5.41, 5.74) is 2.03. The molecular weight excluding hydrogens is 505 g/mol. The Bertz CT molecular complexity index is 1190. The lowest BCUT2D eigenvalue weighted by Gasteiger charge is -2.31. The molecule has 2 N–H and O–H groups in total. The van der Waals surface area contributed by atoms with Crippen molar-refractivity contribution in [1.82, 2.24) is 15.6 Å². The van der Waals surface area contributed by atoms with E-state index in [1.165, 1.54) is 35.2 Å². The molecule has 0 saturated carbocycles. The SMILES string of the molecule is O=S(=O)(Cc1nccs1)c1cc(Cl)c(CCCCCNC2CNCC(c3ccccc3)C2)cc1F. The standard InChI is InChI=1S/C26H31ClFN3O2S2/c27-23-15-25(35(32,33)18-26-31-11-12-34-26)24(28)14-20(23)9-5-2-6-10-30-22-13-21(16-29-17-22)19-7-3-1-4-8-19/h1,3-4,7-8,11-12,14-15,21-22,29-30H,2,5-6,9-10,13,16-18H2. The van der Waals surface area contributed by atoms with Crippen molar-refractivity contribution in [2.45, 2.75) is 54.7 Å². The molecule has 2 heterocycles. The number of sulfone groups is 1. The van der Waals surface area contributed by atoms with Gasteiger partial charge in [-0.1, -0.05) is 48.4 Å². The van der Waals surface area contributed by atoms with E-state index in [0.29, 0.717) is 34.0 Å². The predicted octanol–water partition coefficient (Wildman–Crippen LogP) is 5.36. The first-order valence-electron chi connectivity index (χ1n) is 12.0. The summed E-state index contributed by atoms with van der Waals surface area (Å²) in [4.78, 5) is 3.62. The van der Waals surface area contributed by atoms with E-state index in [1.807, 2.05) is 0 Å². The van der Waals surface area contributed by atoms with Crippen LogP contribution >= 0.6 is 22.9 Å². The second-order valence-corrected chi connectivity index (χ2v) is 12.4. The monoisotopic (exact) mass is 535 g/mol. The molecule has 0 amide bonds. The number of unbranched alkanes of at least 4 members (excludes halogenated alkanes) is 2. The smallest absolute Gasteiger partial charge is 0.187 e. The normalized spacial score (nSPS) is 18.6. The zero-order chi connectivity index (χ0) is 24.7. The van der Waals surface area contributed by atoms with Gasteiger partial charge < -0.3 is 10.6 Å². The molecule has 2 unspecified atom stereocenters. The van der Waals surface area contributed by atoms with E-state index in [9.17, 15) is 12.8 Å². The molecule has 1 aromatic heterocycles. The average molecular weight is 536 g/mol. The molecule has 1 aliphatic rings. The number of nitrogens with zero attached hydrogens (tertiary/aromatic N) is 1. The number of hydrogen-bond donors (Lipinski definition) is 2. The average Bonchev–Trinajstić information content (AvgIpc) is 3.36. The molecule has 0 radical (unpaired) electrons. The molecule has 4 rings (SSSR count). The summed E-state index contributed by atoms with van der Waals surface area (Å²) < 4.78 is 39.9. The van der Waals surface area contributed by atoms with Crippen LogP contribution in [0.3, 0.4) is 0 Å². The lowest BCUT2D eigenvalue weighted by molar-refractivity contribution is 0.354. The maximum Gasteiger partial charge on any atom is 0.187 e. The first kappa shape index (κ1) is 26.2. The molecule has 35 heavy (non-hydrogen) atoms. The number of benzene rings is 2. The van der Waals surface area contributed by atoms with Gasteiger partial charge in [0.05, 0.1) is 0 Å². The third-order valence-corrected chi connectivity index (χ3v) is 9.36. The Morgan fingerprint density at radius 1 is 1.14 bits per heavy atom. The molecule has 1 fully saturated rings. The highest BCUT2D eigenvalue weighted by Crippen LogP contribution is 2.28. The van der Waals surface area contributed by atoms with E-state index in [-0.39, 0.29) is 10.6 Å². The Labute approximate surface area is 216 Å². The van der Waals surface area contributed by atoms with Gasteiger partial charge in [0.1, 0.15) is 21.5 Å². The second kappa shape index (κ2) is 12.4.